The number of piperazine rings is 1. The van der Waals surface area contributed by atoms with Crippen LogP contribution >= 0.6 is 0 Å². The number of nitrogens with zero attached hydrogens (tertiary/aromatic N) is 5. The maximum atomic E-state index is 13.1. The van der Waals surface area contributed by atoms with Crippen LogP contribution in [0.3, 0.4) is 0 Å². The molecule has 2 aromatic heterocycles. The first kappa shape index (κ1) is 22.1. The SMILES string of the molecule is COc1ccc([C@@H]2CC(=O)c3c(C)nc(N4CCN(c5ccccn5)CC4)nc3C2)cc1OC. The standard InChI is InChI=1S/C26H29N5O3/c1-17-25-20(14-19(15-21(25)32)18-7-8-22(33-2)23(16-18)34-3)29-26(28-17)31-12-10-30(11-13-31)24-6-4-5-9-27-24/h4-9,16,19H,10-15H2,1-3H3/t19-/m0/s1. The van der Waals surface area contributed by atoms with Gasteiger partial charge in [0.05, 0.1) is 31.2 Å². The second-order valence-electron chi connectivity index (χ2n) is 8.74. The van der Waals surface area contributed by atoms with E-state index in [0.717, 1.165) is 48.9 Å². The zero-order valence-electron chi connectivity index (χ0n) is 19.8. The Bertz CT molecular complexity index is 1190. The smallest absolute Gasteiger partial charge is 0.225 e. The van der Waals surface area contributed by atoms with Gasteiger partial charge in [-0.3, -0.25) is 4.79 Å². The largest absolute Gasteiger partial charge is 0.493 e. The van der Waals surface area contributed by atoms with Gasteiger partial charge in [0.2, 0.25) is 5.95 Å². The lowest BCUT2D eigenvalue weighted by molar-refractivity contribution is 0.0962. The molecule has 1 saturated heterocycles. The van der Waals surface area contributed by atoms with Crippen LogP contribution in [0, 0.1) is 6.92 Å². The van der Waals surface area contributed by atoms with Gasteiger partial charge in [-0.1, -0.05) is 12.1 Å². The molecule has 5 rings (SSSR count). The first-order valence-corrected chi connectivity index (χ1v) is 11.6. The molecular weight excluding hydrogens is 430 g/mol. The fourth-order valence-electron chi connectivity index (χ4n) is 4.92. The summed E-state index contributed by atoms with van der Waals surface area (Å²) >= 11 is 0. The maximum Gasteiger partial charge on any atom is 0.225 e. The average Bonchev–Trinajstić information content (AvgIpc) is 2.88. The normalized spacial score (nSPS) is 18.0. The summed E-state index contributed by atoms with van der Waals surface area (Å²) in [5.41, 5.74) is 3.35. The highest BCUT2D eigenvalue weighted by Crippen LogP contribution is 2.37. The van der Waals surface area contributed by atoms with Gasteiger partial charge in [-0.05, 0) is 49.1 Å². The first-order valence-electron chi connectivity index (χ1n) is 11.6. The number of anilines is 2. The van der Waals surface area contributed by atoms with Gasteiger partial charge < -0.3 is 19.3 Å². The van der Waals surface area contributed by atoms with Crippen molar-refractivity contribution < 1.29 is 14.3 Å². The number of aryl methyl sites for hydroxylation is 1. The van der Waals surface area contributed by atoms with E-state index < -0.39 is 0 Å². The minimum Gasteiger partial charge on any atom is -0.493 e. The molecule has 176 valence electrons. The van der Waals surface area contributed by atoms with E-state index in [1.165, 1.54) is 0 Å². The summed E-state index contributed by atoms with van der Waals surface area (Å²) in [6.07, 6.45) is 2.96. The number of aromatic nitrogens is 3. The first-order chi connectivity index (χ1) is 16.6. The Hall–Kier alpha value is -3.68. The predicted octanol–water partition coefficient (Wildman–Crippen LogP) is 3.44. The van der Waals surface area contributed by atoms with Crippen LogP contribution < -0.4 is 19.3 Å². The van der Waals surface area contributed by atoms with Crippen molar-refractivity contribution in [2.75, 3.05) is 50.2 Å². The number of rotatable bonds is 5. The van der Waals surface area contributed by atoms with Gasteiger partial charge in [-0.15, -0.1) is 0 Å². The number of pyridine rings is 1. The van der Waals surface area contributed by atoms with E-state index in [0.29, 0.717) is 35.9 Å². The molecule has 3 aromatic rings. The quantitative estimate of drug-likeness (QED) is 0.574. The van der Waals surface area contributed by atoms with Crippen molar-refractivity contribution in [2.45, 2.75) is 25.7 Å². The Balaban J connectivity index is 1.37. The van der Waals surface area contributed by atoms with Crippen LogP contribution in [0.5, 0.6) is 11.5 Å². The fraction of sp³-hybridized carbons (Fsp3) is 0.385. The topological polar surface area (TPSA) is 80.7 Å². The number of hydrogen-bond donors (Lipinski definition) is 0. The minimum absolute atomic E-state index is 0.0444. The summed E-state index contributed by atoms with van der Waals surface area (Å²) in [6, 6.07) is 11.8. The Morgan fingerprint density at radius 2 is 1.68 bits per heavy atom. The Morgan fingerprint density at radius 1 is 0.912 bits per heavy atom. The van der Waals surface area contributed by atoms with Gasteiger partial charge in [0.1, 0.15) is 5.82 Å². The molecule has 0 spiro atoms. The van der Waals surface area contributed by atoms with Crippen molar-refractivity contribution in [3.05, 3.63) is 65.1 Å². The molecule has 0 saturated carbocycles. The second kappa shape index (κ2) is 9.29. The van der Waals surface area contributed by atoms with E-state index in [1.807, 2.05) is 49.5 Å². The van der Waals surface area contributed by atoms with Crippen molar-refractivity contribution in [1.82, 2.24) is 15.0 Å². The molecule has 0 N–H and O–H groups in total. The molecular formula is C26H29N5O3. The highest BCUT2D eigenvalue weighted by Gasteiger charge is 2.31. The molecule has 8 nitrogen and oxygen atoms in total. The number of ether oxygens (including phenoxy) is 2. The molecule has 1 aliphatic heterocycles. The number of hydrogen-bond acceptors (Lipinski definition) is 8. The third-order valence-corrected chi connectivity index (χ3v) is 6.72. The monoisotopic (exact) mass is 459 g/mol. The average molecular weight is 460 g/mol. The van der Waals surface area contributed by atoms with E-state index in [1.54, 1.807) is 14.2 Å². The highest BCUT2D eigenvalue weighted by molar-refractivity contribution is 5.99. The highest BCUT2D eigenvalue weighted by atomic mass is 16.5. The van der Waals surface area contributed by atoms with E-state index in [4.69, 9.17) is 19.4 Å². The lowest BCUT2D eigenvalue weighted by atomic mass is 9.81. The van der Waals surface area contributed by atoms with Crippen molar-refractivity contribution in [2.24, 2.45) is 0 Å². The summed E-state index contributed by atoms with van der Waals surface area (Å²) in [4.78, 5) is 31.7. The lowest BCUT2D eigenvalue weighted by Crippen LogP contribution is -2.47. The second-order valence-corrected chi connectivity index (χ2v) is 8.74. The van der Waals surface area contributed by atoms with Crippen LogP contribution in [-0.4, -0.2) is 61.1 Å². The van der Waals surface area contributed by atoms with Gasteiger partial charge in [0.25, 0.3) is 0 Å². The molecule has 0 amide bonds. The molecule has 8 heteroatoms. The third kappa shape index (κ3) is 4.16. The number of carbonyl (C=O) groups is 1. The molecule has 34 heavy (non-hydrogen) atoms. The molecule has 1 atom stereocenters. The van der Waals surface area contributed by atoms with Crippen LogP contribution in [-0.2, 0) is 6.42 Å². The number of methoxy groups -OCH3 is 2. The number of benzene rings is 1. The van der Waals surface area contributed by atoms with Crippen molar-refractivity contribution in [3.8, 4) is 11.5 Å². The molecule has 0 unspecified atom stereocenters. The summed E-state index contributed by atoms with van der Waals surface area (Å²) in [6.45, 7) is 5.24. The summed E-state index contributed by atoms with van der Waals surface area (Å²) in [5, 5.41) is 0. The zero-order chi connectivity index (χ0) is 23.7. The third-order valence-electron chi connectivity index (χ3n) is 6.72. The minimum atomic E-state index is 0.0444. The Morgan fingerprint density at radius 3 is 2.38 bits per heavy atom. The van der Waals surface area contributed by atoms with Crippen molar-refractivity contribution >= 4 is 17.5 Å². The van der Waals surface area contributed by atoms with Gasteiger partial charge in [-0.25, -0.2) is 15.0 Å². The Labute approximate surface area is 199 Å². The lowest BCUT2D eigenvalue weighted by Gasteiger charge is -2.36. The summed E-state index contributed by atoms with van der Waals surface area (Å²) in [5.74, 6) is 3.20. The Kier molecular flexibility index (Phi) is 6.04. The molecule has 2 aliphatic rings. The van der Waals surface area contributed by atoms with Gasteiger partial charge in [0, 0.05) is 38.8 Å². The van der Waals surface area contributed by atoms with Crippen molar-refractivity contribution in [3.63, 3.8) is 0 Å². The number of Topliss-reactive ketones (excluding diaryl/α,β-unsaturated/α-hetero) is 1. The van der Waals surface area contributed by atoms with E-state index in [-0.39, 0.29) is 11.7 Å². The van der Waals surface area contributed by atoms with Crippen LogP contribution in [0.25, 0.3) is 0 Å². The fourth-order valence-corrected chi connectivity index (χ4v) is 4.92. The van der Waals surface area contributed by atoms with Crippen LogP contribution in [0.1, 0.15) is 39.6 Å². The molecule has 1 aromatic carbocycles. The number of carbonyl (C=O) groups excluding carboxylic acids is 1. The summed E-state index contributed by atoms with van der Waals surface area (Å²) in [7, 11) is 3.24. The van der Waals surface area contributed by atoms with Gasteiger partial charge >= 0.3 is 0 Å². The van der Waals surface area contributed by atoms with E-state index in [2.05, 4.69) is 14.8 Å². The molecule has 0 radical (unpaired) electrons. The number of ketones is 1. The van der Waals surface area contributed by atoms with E-state index >= 15 is 0 Å². The zero-order valence-corrected chi connectivity index (χ0v) is 19.8. The predicted molar refractivity (Wildman–Crippen MR) is 130 cm³/mol. The van der Waals surface area contributed by atoms with Crippen LogP contribution in [0.15, 0.2) is 42.6 Å². The number of fused-ring (bicyclic) bond motifs is 1. The van der Waals surface area contributed by atoms with E-state index in [9.17, 15) is 4.79 Å². The summed E-state index contributed by atoms with van der Waals surface area (Å²) < 4.78 is 10.8. The van der Waals surface area contributed by atoms with Crippen LogP contribution in [0.2, 0.25) is 0 Å². The van der Waals surface area contributed by atoms with Gasteiger partial charge in [-0.2, -0.15) is 0 Å². The molecule has 1 fully saturated rings. The molecule has 0 bridgehead atoms. The van der Waals surface area contributed by atoms with Crippen molar-refractivity contribution in [1.29, 1.82) is 0 Å². The maximum absolute atomic E-state index is 13.1. The molecule has 3 heterocycles. The van der Waals surface area contributed by atoms with Crippen LogP contribution in [0.4, 0.5) is 11.8 Å². The van der Waals surface area contributed by atoms with Gasteiger partial charge in [0.15, 0.2) is 17.3 Å². The molecule has 1 aliphatic carbocycles.